The van der Waals surface area contributed by atoms with Gasteiger partial charge in [0.2, 0.25) is 0 Å². The van der Waals surface area contributed by atoms with E-state index >= 15 is 0 Å². The van der Waals surface area contributed by atoms with Crippen molar-refractivity contribution in [2.45, 2.75) is 6.42 Å². The second-order valence-corrected chi connectivity index (χ2v) is 6.86. The van der Waals surface area contributed by atoms with Gasteiger partial charge in [-0.05, 0) is 45.7 Å². The third-order valence-corrected chi connectivity index (χ3v) is 5.36. The standard InChI is InChI=1S/C24H17NO2/c26-23-21-9-3-4-10-22(21)24(27)25(23)15-14-17-7-5-11-20-18-8-2-1-6-16(18)12-13-19(17)20/h1-13H,14-15H2. The summed E-state index contributed by atoms with van der Waals surface area (Å²) in [5, 5.41) is 4.81. The van der Waals surface area contributed by atoms with Gasteiger partial charge in [0.05, 0.1) is 11.1 Å². The number of amides is 2. The first-order valence-electron chi connectivity index (χ1n) is 9.08. The maximum absolute atomic E-state index is 12.6. The summed E-state index contributed by atoms with van der Waals surface area (Å²) >= 11 is 0. The van der Waals surface area contributed by atoms with E-state index in [2.05, 4.69) is 36.4 Å². The third-order valence-electron chi connectivity index (χ3n) is 5.36. The average Bonchev–Trinajstić information content (AvgIpc) is 2.96. The molecule has 4 aromatic rings. The highest BCUT2D eigenvalue weighted by Gasteiger charge is 2.34. The Bertz CT molecular complexity index is 1190. The predicted octanol–water partition coefficient (Wildman–Crippen LogP) is 4.83. The van der Waals surface area contributed by atoms with Crippen LogP contribution in [0.25, 0.3) is 21.5 Å². The fourth-order valence-corrected chi connectivity index (χ4v) is 4.00. The molecule has 130 valence electrons. The first-order valence-corrected chi connectivity index (χ1v) is 9.08. The molecule has 4 aromatic carbocycles. The van der Waals surface area contributed by atoms with Gasteiger partial charge in [0.25, 0.3) is 11.8 Å². The van der Waals surface area contributed by atoms with Crippen LogP contribution in [-0.2, 0) is 6.42 Å². The number of nitrogens with zero attached hydrogens (tertiary/aromatic N) is 1. The van der Waals surface area contributed by atoms with Crippen molar-refractivity contribution in [1.29, 1.82) is 0 Å². The lowest BCUT2D eigenvalue weighted by atomic mass is 9.97. The molecule has 1 aliphatic heterocycles. The fraction of sp³-hybridized carbons (Fsp3) is 0.0833. The molecule has 1 heterocycles. The Labute approximate surface area is 156 Å². The van der Waals surface area contributed by atoms with Crippen LogP contribution in [0.3, 0.4) is 0 Å². The van der Waals surface area contributed by atoms with Crippen LogP contribution in [0.15, 0.2) is 78.9 Å². The smallest absolute Gasteiger partial charge is 0.261 e. The first kappa shape index (κ1) is 15.8. The second kappa shape index (κ2) is 6.06. The number of carbonyl (C=O) groups excluding carboxylic acids is 2. The Balaban J connectivity index is 1.49. The molecule has 0 radical (unpaired) electrons. The zero-order chi connectivity index (χ0) is 18.4. The Morgan fingerprint density at radius 2 is 1.26 bits per heavy atom. The van der Waals surface area contributed by atoms with Crippen molar-refractivity contribution in [2.24, 2.45) is 0 Å². The molecule has 3 heteroatoms. The van der Waals surface area contributed by atoms with E-state index in [1.54, 1.807) is 24.3 Å². The summed E-state index contributed by atoms with van der Waals surface area (Å²) in [6.07, 6.45) is 0.640. The van der Waals surface area contributed by atoms with Crippen LogP contribution in [0.4, 0.5) is 0 Å². The normalized spacial score (nSPS) is 13.6. The second-order valence-electron chi connectivity index (χ2n) is 6.86. The largest absolute Gasteiger partial charge is 0.274 e. The number of fused-ring (bicyclic) bond motifs is 4. The van der Waals surface area contributed by atoms with E-state index in [0.717, 1.165) is 5.56 Å². The molecule has 0 atom stereocenters. The van der Waals surface area contributed by atoms with Crippen LogP contribution in [-0.4, -0.2) is 23.3 Å². The Kier molecular flexibility index (Phi) is 3.54. The van der Waals surface area contributed by atoms with Gasteiger partial charge in [-0.1, -0.05) is 66.7 Å². The zero-order valence-electron chi connectivity index (χ0n) is 14.7. The molecule has 0 N–H and O–H groups in total. The van der Waals surface area contributed by atoms with Crippen LogP contribution in [0.1, 0.15) is 26.3 Å². The topological polar surface area (TPSA) is 37.4 Å². The van der Waals surface area contributed by atoms with Crippen molar-refractivity contribution in [1.82, 2.24) is 4.90 Å². The number of hydrogen-bond acceptors (Lipinski definition) is 2. The van der Waals surface area contributed by atoms with E-state index in [1.807, 2.05) is 18.2 Å². The number of hydrogen-bond donors (Lipinski definition) is 0. The van der Waals surface area contributed by atoms with Crippen LogP contribution in [0.5, 0.6) is 0 Å². The van der Waals surface area contributed by atoms with E-state index < -0.39 is 0 Å². The summed E-state index contributed by atoms with van der Waals surface area (Å²) in [6.45, 7) is 0.387. The average molecular weight is 351 g/mol. The molecule has 2 amide bonds. The summed E-state index contributed by atoms with van der Waals surface area (Å²) in [5.74, 6) is -0.387. The summed E-state index contributed by atoms with van der Waals surface area (Å²) < 4.78 is 0. The van der Waals surface area contributed by atoms with Gasteiger partial charge in [-0.25, -0.2) is 0 Å². The number of carbonyl (C=O) groups is 2. The lowest BCUT2D eigenvalue weighted by Gasteiger charge is -2.15. The monoisotopic (exact) mass is 351 g/mol. The van der Waals surface area contributed by atoms with Gasteiger partial charge in [0, 0.05) is 6.54 Å². The van der Waals surface area contributed by atoms with Gasteiger partial charge in [0.1, 0.15) is 0 Å². The molecule has 27 heavy (non-hydrogen) atoms. The van der Waals surface area contributed by atoms with Gasteiger partial charge < -0.3 is 0 Å². The maximum atomic E-state index is 12.6. The summed E-state index contributed by atoms with van der Waals surface area (Å²) in [7, 11) is 0. The van der Waals surface area contributed by atoms with Gasteiger partial charge in [-0.2, -0.15) is 0 Å². The minimum atomic E-state index is -0.193. The van der Waals surface area contributed by atoms with Crippen LogP contribution >= 0.6 is 0 Å². The first-order chi connectivity index (χ1) is 13.2. The highest BCUT2D eigenvalue weighted by molar-refractivity contribution is 6.21. The SMILES string of the molecule is O=C1c2ccccc2C(=O)N1CCc1cccc2c1ccc1ccccc12. The summed E-state index contributed by atoms with van der Waals surface area (Å²) in [5.41, 5.74) is 2.16. The molecular weight excluding hydrogens is 334 g/mol. The van der Waals surface area contributed by atoms with Crippen molar-refractivity contribution in [3.8, 4) is 0 Å². The zero-order valence-corrected chi connectivity index (χ0v) is 14.7. The maximum Gasteiger partial charge on any atom is 0.261 e. The van der Waals surface area contributed by atoms with Gasteiger partial charge in [0.15, 0.2) is 0 Å². The van der Waals surface area contributed by atoms with Crippen molar-refractivity contribution >= 4 is 33.4 Å². The Morgan fingerprint density at radius 1 is 0.593 bits per heavy atom. The highest BCUT2D eigenvalue weighted by atomic mass is 16.2. The molecule has 0 aromatic heterocycles. The van der Waals surface area contributed by atoms with Crippen molar-refractivity contribution in [2.75, 3.05) is 6.54 Å². The van der Waals surface area contributed by atoms with Crippen molar-refractivity contribution in [3.05, 3.63) is 95.6 Å². The minimum Gasteiger partial charge on any atom is -0.274 e. The van der Waals surface area contributed by atoms with E-state index in [0.29, 0.717) is 24.1 Å². The van der Waals surface area contributed by atoms with Crippen LogP contribution in [0.2, 0.25) is 0 Å². The lowest BCUT2D eigenvalue weighted by Crippen LogP contribution is -2.31. The van der Waals surface area contributed by atoms with Gasteiger partial charge in [-0.15, -0.1) is 0 Å². The molecule has 0 fully saturated rings. The molecule has 5 rings (SSSR count). The molecule has 0 unspecified atom stereocenters. The molecular formula is C24H17NO2. The molecule has 0 spiro atoms. The molecule has 1 aliphatic rings. The quantitative estimate of drug-likeness (QED) is 0.391. The number of rotatable bonds is 3. The summed E-state index contributed by atoms with van der Waals surface area (Å²) in [6, 6.07) is 25.9. The molecule has 3 nitrogen and oxygen atoms in total. The van der Waals surface area contributed by atoms with E-state index in [1.165, 1.54) is 26.4 Å². The van der Waals surface area contributed by atoms with E-state index in [4.69, 9.17) is 0 Å². The number of benzene rings is 4. The van der Waals surface area contributed by atoms with Crippen molar-refractivity contribution in [3.63, 3.8) is 0 Å². The predicted molar refractivity (Wildman–Crippen MR) is 107 cm³/mol. The molecule has 0 bridgehead atoms. The fourth-order valence-electron chi connectivity index (χ4n) is 4.00. The summed E-state index contributed by atoms with van der Waals surface area (Å²) in [4.78, 5) is 26.5. The lowest BCUT2D eigenvalue weighted by molar-refractivity contribution is 0.0656. The highest BCUT2D eigenvalue weighted by Crippen LogP contribution is 2.29. The number of imide groups is 1. The minimum absolute atomic E-state index is 0.193. The van der Waals surface area contributed by atoms with E-state index in [9.17, 15) is 9.59 Å². The van der Waals surface area contributed by atoms with Crippen LogP contribution < -0.4 is 0 Å². The third kappa shape index (κ3) is 2.43. The van der Waals surface area contributed by atoms with Gasteiger partial charge in [-0.3, -0.25) is 14.5 Å². The van der Waals surface area contributed by atoms with Crippen molar-refractivity contribution < 1.29 is 9.59 Å². The van der Waals surface area contributed by atoms with E-state index in [-0.39, 0.29) is 11.8 Å². The molecule has 0 saturated heterocycles. The van der Waals surface area contributed by atoms with Gasteiger partial charge >= 0.3 is 0 Å². The Morgan fingerprint density at radius 3 is 2.04 bits per heavy atom. The Hall–Kier alpha value is -3.46. The van der Waals surface area contributed by atoms with Crippen LogP contribution in [0, 0.1) is 0 Å². The molecule has 0 saturated carbocycles. The molecule has 0 aliphatic carbocycles.